The van der Waals surface area contributed by atoms with Crippen molar-refractivity contribution in [1.29, 1.82) is 0 Å². The van der Waals surface area contributed by atoms with Gasteiger partial charge >= 0.3 is 12.1 Å². The summed E-state index contributed by atoms with van der Waals surface area (Å²) in [4.78, 5) is 15.1. The van der Waals surface area contributed by atoms with Gasteiger partial charge in [-0.25, -0.2) is 9.78 Å². The minimum absolute atomic E-state index is 0.0389. The van der Waals surface area contributed by atoms with E-state index in [0.717, 1.165) is 0 Å². The maximum Gasteiger partial charge on any atom is 0.411 e. The highest BCUT2D eigenvalue weighted by Crippen LogP contribution is 2.14. The fourth-order valence-electron chi connectivity index (χ4n) is 1.11. The highest BCUT2D eigenvalue weighted by Gasteiger charge is 2.27. The Morgan fingerprint density at radius 1 is 1.32 bits per heavy atom. The van der Waals surface area contributed by atoms with Crippen LogP contribution in [0.5, 0.6) is 0 Å². The molecule has 0 amide bonds. The molecule has 0 radical (unpaired) electrons. The van der Waals surface area contributed by atoms with Crippen LogP contribution in [0.1, 0.15) is 16.9 Å². The van der Waals surface area contributed by atoms with Gasteiger partial charge in [-0.05, 0) is 12.1 Å². The van der Waals surface area contributed by atoms with Crippen molar-refractivity contribution in [3.05, 3.63) is 24.0 Å². The first-order valence-corrected chi connectivity index (χ1v) is 5.41. The summed E-state index contributed by atoms with van der Waals surface area (Å²) in [6.45, 7) is -1.48. The maximum atomic E-state index is 11.7. The molecule has 0 aliphatic carbocycles. The van der Waals surface area contributed by atoms with Crippen molar-refractivity contribution in [3.8, 4) is 0 Å². The van der Waals surface area contributed by atoms with E-state index in [2.05, 4.69) is 9.72 Å². The molecule has 0 bridgehead atoms. The van der Waals surface area contributed by atoms with E-state index in [9.17, 15) is 18.0 Å². The molecule has 1 aromatic heterocycles. The summed E-state index contributed by atoms with van der Waals surface area (Å²) >= 11 is 0. The molecule has 106 valence electrons. The number of anilines is 1. The molecular weight excluding hydrogens is 265 g/mol. The minimum atomic E-state index is -4.34. The van der Waals surface area contributed by atoms with Crippen molar-refractivity contribution < 1.29 is 27.4 Å². The second kappa shape index (κ2) is 6.93. The van der Waals surface area contributed by atoms with Gasteiger partial charge < -0.3 is 15.2 Å². The van der Waals surface area contributed by atoms with Gasteiger partial charge in [-0.1, -0.05) is 0 Å². The van der Waals surface area contributed by atoms with Crippen LogP contribution >= 0.6 is 0 Å². The summed E-state index contributed by atoms with van der Waals surface area (Å²) in [6, 6.07) is 2.90. The Balaban J connectivity index is 2.16. The average Bonchev–Trinajstić information content (AvgIpc) is 2.33. The average molecular weight is 278 g/mol. The van der Waals surface area contributed by atoms with Crippen molar-refractivity contribution in [2.45, 2.75) is 12.6 Å². The second-order valence-electron chi connectivity index (χ2n) is 3.63. The van der Waals surface area contributed by atoms with E-state index < -0.39 is 18.8 Å². The standard InChI is InChI=1S/C11H13F3N2O3/c12-11(13,14)7-18-4-1-5-19-10(17)9-3-2-8(15)6-16-9/h2-3,6H,1,4-5,7,15H2. The zero-order chi connectivity index (χ0) is 14.3. The number of hydrogen-bond donors (Lipinski definition) is 1. The van der Waals surface area contributed by atoms with Gasteiger partial charge in [0.05, 0.1) is 25.1 Å². The number of halogens is 3. The topological polar surface area (TPSA) is 74.4 Å². The van der Waals surface area contributed by atoms with E-state index in [1.807, 2.05) is 0 Å². The summed E-state index contributed by atoms with van der Waals surface area (Å²) < 4.78 is 44.3. The number of alkyl halides is 3. The molecule has 1 aromatic rings. The van der Waals surface area contributed by atoms with Crippen molar-refractivity contribution >= 4 is 11.7 Å². The van der Waals surface area contributed by atoms with E-state index >= 15 is 0 Å². The zero-order valence-electron chi connectivity index (χ0n) is 9.94. The van der Waals surface area contributed by atoms with Crippen LogP contribution in [0.15, 0.2) is 18.3 Å². The van der Waals surface area contributed by atoms with Crippen LogP contribution in [-0.2, 0) is 9.47 Å². The largest absolute Gasteiger partial charge is 0.461 e. The Kier molecular flexibility index (Phi) is 5.56. The quantitative estimate of drug-likeness (QED) is 0.634. The van der Waals surface area contributed by atoms with Crippen LogP contribution in [0.3, 0.4) is 0 Å². The third-order valence-corrected chi connectivity index (χ3v) is 1.93. The molecule has 0 saturated carbocycles. The Morgan fingerprint density at radius 3 is 2.63 bits per heavy atom. The van der Waals surface area contributed by atoms with Gasteiger partial charge in [0.15, 0.2) is 0 Å². The predicted octanol–water partition coefficient (Wildman–Crippen LogP) is 1.79. The molecule has 0 aliphatic rings. The van der Waals surface area contributed by atoms with Gasteiger partial charge in [-0.3, -0.25) is 0 Å². The first-order valence-electron chi connectivity index (χ1n) is 5.41. The number of pyridine rings is 1. The number of carbonyl (C=O) groups is 1. The number of nitrogens with zero attached hydrogens (tertiary/aromatic N) is 1. The van der Waals surface area contributed by atoms with Crippen molar-refractivity contribution in [3.63, 3.8) is 0 Å². The summed E-state index contributed by atoms with van der Waals surface area (Å²) in [7, 11) is 0. The highest BCUT2D eigenvalue weighted by molar-refractivity contribution is 5.87. The first-order chi connectivity index (χ1) is 8.88. The Labute approximate surface area is 107 Å². The molecule has 2 N–H and O–H groups in total. The van der Waals surface area contributed by atoms with Crippen LogP contribution in [0.25, 0.3) is 0 Å². The molecule has 8 heteroatoms. The zero-order valence-corrected chi connectivity index (χ0v) is 9.94. The molecule has 0 unspecified atom stereocenters. The molecule has 0 saturated heterocycles. The molecular formula is C11H13F3N2O3. The molecule has 0 aromatic carbocycles. The van der Waals surface area contributed by atoms with Crippen LogP contribution in [0.2, 0.25) is 0 Å². The smallest absolute Gasteiger partial charge is 0.411 e. The fourth-order valence-corrected chi connectivity index (χ4v) is 1.11. The van der Waals surface area contributed by atoms with Crippen LogP contribution in [0, 0.1) is 0 Å². The number of carbonyl (C=O) groups excluding carboxylic acids is 1. The van der Waals surface area contributed by atoms with Gasteiger partial charge in [0.1, 0.15) is 12.3 Å². The van der Waals surface area contributed by atoms with E-state index in [1.54, 1.807) is 0 Å². The SMILES string of the molecule is Nc1ccc(C(=O)OCCCOCC(F)(F)F)nc1. The molecule has 1 heterocycles. The fraction of sp³-hybridized carbons (Fsp3) is 0.455. The number of ether oxygens (including phenoxy) is 2. The number of nitrogens with two attached hydrogens (primary N) is 1. The lowest BCUT2D eigenvalue weighted by Crippen LogP contribution is -2.18. The Morgan fingerprint density at radius 2 is 2.05 bits per heavy atom. The lowest BCUT2D eigenvalue weighted by molar-refractivity contribution is -0.174. The highest BCUT2D eigenvalue weighted by atomic mass is 19.4. The van der Waals surface area contributed by atoms with E-state index in [4.69, 9.17) is 10.5 Å². The maximum absolute atomic E-state index is 11.7. The number of hydrogen-bond acceptors (Lipinski definition) is 5. The summed E-state index contributed by atoms with van der Waals surface area (Å²) in [5.41, 5.74) is 5.90. The molecule has 0 atom stereocenters. The Bertz CT molecular complexity index is 407. The summed E-state index contributed by atoms with van der Waals surface area (Å²) in [5, 5.41) is 0. The molecule has 0 aliphatic heterocycles. The lowest BCUT2D eigenvalue weighted by Gasteiger charge is -2.07. The first kappa shape index (κ1) is 15.2. The minimum Gasteiger partial charge on any atom is -0.461 e. The van der Waals surface area contributed by atoms with Gasteiger partial charge in [-0.2, -0.15) is 13.2 Å². The number of nitrogen functional groups attached to an aromatic ring is 1. The van der Waals surface area contributed by atoms with Crippen LogP contribution in [-0.4, -0.2) is 37.0 Å². The number of rotatable bonds is 6. The van der Waals surface area contributed by atoms with Gasteiger partial charge in [-0.15, -0.1) is 0 Å². The van der Waals surface area contributed by atoms with Crippen molar-refractivity contribution in [2.75, 3.05) is 25.6 Å². The van der Waals surface area contributed by atoms with Gasteiger partial charge in [0.2, 0.25) is 0 Å². The predicted molar refractivity (Wildman–Crippen MR) is 60.4 cm³/mol. The summed E-state index contributed by atoms with van der Waals surface area (Å²) in [6.07, 6.45) is -2.86. The van der Waals surface area contributed by atoms with Crippen LogP contribution in [0.4, 0.5) is 18.9 Å². The lowest BCUT2D eigenvalue weighted by atomic mass is 10.3. The molecule has 1 rings (SSSR count). The number of aromatic nitrogens is 1. The van der Waals surface area contributed by atoms with E-state index in [0.29, 0.717) is 5.69 Å². The number of esters is 1. The van der Waals surface area contributed by atoms with Crippen molar-refractivity contribution in [2.24, 2.45) is 0 Å². The van der Waals surface area contributed by atoms with Crippen molar-refractivity contribution in [1.82, 2.24) is 4.98 Å². The molecule has 0 fully saturated rings. The molecule has 5 nitrogen and oxygen atoms in total. The molecule has 19 heavy (non-hydrogen) atoms. The third kappa shape index (κ3) is 6.61. The summed E-state index contributed by atoms with van der Waals surface area (Å²) in [5.74, 6) is -0.657. The van der Waals surface area contributed by atoms with Gasteiger partial charge in [0, 0.05) is 6.42 Å². The second-order valence-corrected chi connectivity index (χ2v) is 3.63. The van der Waals surface area contributed by atoms with E-state index in [1.165, 1.54) is 18.3 Å². The van der Waals surface area contributed by atoms with Crippen LogP contribution < -0.4 is 5.73 Å². The Hall–Kier alpha value is -1.83. The van der Waals surface area contributed by atoms with E-state index in [-0.39, 0.29) is 25.3 Å². The third-order valence-electron chi connectivity index (χ3n) is 1.93. The van der Waals surface area contributed by atoms with Gasteiger partial charge in [0.25, 0.3) is 0 Å². The normalized spacial score (nSPS) is 11.3. The monoisotopic (exact) mass is 278 g/mol. The molecule has 0 spiro atoms.